The number of aromatic amines is 1. The Hall–Kier alpha value is -2.89. The zero-order chi connectivity index (χ0) is 18.5. The molecule has 0 aliphatic heterocycles. The highest BCUT2D eigenvalue weighted by Crippen LogP contribution is 2.21. The largest absolute Gasteiger partial charge is 0.342 e. The molecule has 3 rings (SSSR count). The molecular weight excluding hydrogens is 331 g/mol. The molecule has 0 aliphatic carbocycles. The van der Waals surface area contributed by atoms with Gasteiger partial charge in [0.1, 0.15) is 11.6 Å². The van der Waals surface area contributed by atoms with E-state index in [1.807, 2.05) is 38.1 Å². The van der Waals surface area contributed by atoms with Crippen LogP contribution < -0.4 is 10.6 Å². The summed E-state index contributed by atoms with van der Waals surface area (Å²) in [4.78, 5) is 20.0. The van der Waals surface area contributed by atoms with E-state index in [-0.39, 0.29) is 23.8 Å². The molecule has 2 aromatic carbocycles. The lowest BCUT2D eigenvalue weighted by atomic mass is 9.96. The van der Waals surface area contributed by atoms with Crippen LogP contribution in [0.1, 0.15) is 31.3 Å². The molecule has 1 heterocycles. The quantitative estimate of drug-likeness (QED) is 0.627. The summed E-state index contributed by atoms with van der Waals surface area (Å²) in [5.74, 6) is 0.735. The maximum Gasteiger partial charge on any atom is 0.315 e. The van der Waals surface area contributed by atoms with Crippen molar-refractivity contribution in [3.05, 3.63) is 65.7 Å². The number of rotatable bonds is 6. The number of urea groups is 1. The van der Waals surface area contributed by atoms with Gasteiger partial charge in [-0.1, -0.05) is 38.1 Å². The summed E-state index contributed by atoms with van der Waals surface area (Å²) in [6.45, 7) is 4.51. The van der Waals surface area contributed by atoms with Crippen LogP contribution in [0.4, 0.5) is 9.18 Å². The molecule has 2 amide bonds. The number of imidazole rings is 1. The minimum Gasteiger partial charge on any atom is -0.342 e. The van der Waals surface area contributed by atoms with Gasteiger partial charge in [-0.3, -0.25) is 0 Å². The first kappa shape index (κ1) is 17.9. The van der Waals surface area contributed by atoms with E-state index in [1.165, 1.54) is 12.1 Å². The van der Waals surface area contributed by atoms with E-state index in [1.54, 1.807) is 12.1 Å². The summed E-state index contributed by atoms with van der Waals surface area (Å²) in [5.41, 5.74) is 2.79. The van der Waals surface area contributed by atoms with Crippen LogP contribution in [0.15, 0.2) is 48.5 Å². The molecule has 26 heavy (non-hydrogen) atoms. The fraction of sp³-hybridized carbons (Fsp3) is 0.300. The second-order valence-electron chi connectivity index (χ2n) is 6.62. The summed E-state index contributed by atoms with van der Waals surface area (Å²) in [6.07, 6.45) is 0.616. The first-order chi connectivity index (χ1) is 12.5. The number of carbonyl (C=O) groups excluding carboxylic acids is 1. The molecule has 0 fully saturated rings. The Morgan fingerprint density at radius 1 is 1.15 bits per heavy atom. The number of nitrogens with one attached hydrogen (secondary N) is 3. The molecule has 0 spiro atoms. The van der Waals surface area contributed by atoms with Crippen LogP contribution in [-0.2, 0) is 6.42 Å². The Kier molecular flexibility index (Phi) is 5.51. The molecular formula is C20H23FN4O. The fourth-order valence-electron chi connectivity index (χ4n) is 2.92. The molecule has 0 saturated carbocycles. The second-order valence-corrected chi connectivity index (χ2v) is 6.62. The van der Waals surface area contributed by atoms with Crippen molar-refractivity contribution in [3.8, 4) is 0 Å². The van der Waals surface area contributed by atoms with E-state index < -0.39 is 0 Å². The van der Waals surface area contributed by atoms with Gasteiger partial charge in [-0.15, -0.1) is 0 Å². The van der Waals surface area contributed by atoms with Crippen LogP contribution in [0.25, 0.3) is 11.0 Å². The van der Waals surface area contributed by atoms with Crippen molar-refractivity contribution in [1.29, 1.82) is 0 Å². The van der Waals surface area contributed by atoms with Gasteiger partial charge in [0.15, 0.2) is 0 Å². The average molecular weight is 354 g/mol. The lowest BCUT2D eigenvalue weighted by Crippen LogP contribution is -2.40. The number of benzene rings is 2. The van der Waals surface area contributed by atoms with Crippen molar-refractivity contribution in [2.75, 3.05) is 6.54 Å². The van der Waals surface area contributed by atoms with Gasteiger partial charge in [0.05, 0.1) is 17.1 Å². The highest BCUT2D eigenvalue weighted by molar-refractivity contribution is 5.75. The maximum atomic E-state index is 13.1. The van der Waals surface area contributed by atoms with Gasteiger partial charge in [-0.05, 0) is 35.7 Å². The molecule has 1 atom stereocenters. The van der Waals surface area contributed by atoms with E-state index in [4.69, 9.17) is 0 Å². The third-order valence-electron chi connectivity index (χ3n) is 4.27. The van der Waals surface area contributed by atoms with Crippen molar-refractivity contribution >= 4 is 17.1 Å². The molecule has 3 aromatic rings. The summed E-state index contributed by atoms with van der Waals surface area (Å²) < 4.78 is 13.1. The van der Waals surface area contributed by atoms with E-state index >= 15 is 0 Å². The van der Waals surface area contributed by atoms with Gasteiger partial charge in [0.25, 0.3) is 0 Å². The van der Waals surface area contributed by atoms with E-state index in [2.05, 4.69) is 20.6 Å². The number of halogens is 1. The lowest BCUT2D eigenvalue weighted by Gasteiger charge is -2.23. The van der Waals surface area contributed by atoms with Crippen molar-refractivity contribution in [2.24, 2.45) is 5.92 Å². The van der Waals surface area contributed by atoms with Gasteiger partial charge in [0.2, 0.25) is 0 Å². The third-order valence-corrected chi connectivity index (χ3v) is 4.27. The topological polar surface area (TPSA) is 69.8 Å². The smallest absolute Gasteiger partial charge is 0.315 e. The molecule has 0 radical (unpaired) electrons. The van der Waals surface area contributed by atoms with Crippen LogP contribution in [0.5, 0.6) is 0 Å². The van der Waals surface area contributed by atoms with Crippen LogP contribution in [0.3, 0.4) is 0 Å². The number of hydrogen-bond donors (Lipinski definition) is 3. The zero-order valence-corrected chi connectivity index (χ0v) is 14.9. The predicted molar refractivity (Wildman–Crippen MR) is 100 cm³/mol. The molecule has 0 bridgehead atoms. The van der Waals surface area contributed by atoms with Crippen LogP contribution in [0, 0.1) is 11.7 Å². The zero-order valence-electron chi connectivity index (χ0n) is 14.9. The van der Waals surface area contributed by atoms with Crippen molar-refractivity contribution in [1.82, 2.24) is 20.6 Å². The monoisotopic (exact) mass is 354 g/mol. The van der Waals surface area contributed by atoms with Crippen LogP contribution >= 0.6 is 0 Å². The molecule has 6 heteroatoms. The van der Waals surface area contributed by atoms with E-state index in [0.717, 1.165) is 22.4 Å². The fourth-order valence-corrected chi connectivity index (χ4v) is 2.92. The lowest BCUT2D eigenvalue weighted by molar-refractivity contribution is 0.233. The molecule has 1 aromatic heterocycles. The molecule has 136 valence electrons. The number of nitrogens with zero attached hydrogens (tertiary/aromatic N) is 1. The molecule has 0 aliphatic rings. The van der Waals surface area contributed by atoms with Crippen LogP contribution in [0.2, 0.25) is 0 Å². The molecule has 3 N–H and O–H groups in total. The number of aromatic nitrogens is 2. The summed E-state index contributed by atoms with van der Waals surface area (Å²) in [7, 11) is 0. The summed E-state index contributed by atoms with van der Waals surface area (Å²) in [5, 5.41) is 5.82. The van der Waals surface area contributed by atoms with Gasteiger partial charge < -0.3 is 15.6 Å². The van der Waals surface area contributed by atoms with E-state index in [9.17, 15) is 9.18 Å². The van der Waals surface area contributed by atoms with Crippen LogP contribution in [-0.4, -0.2) is 22.5 Å². The maximum absolute atomic E-state index is 13.1. The number of fused-ring (bicyclic) bond motifs is 1. The van der Waals surface area contributed by atoms with Gasteiger partial charge in [-0.25, -0.2) is 14.2 Å². The summed E-state index contributed by atoms with van der Waals surface area (Å²) in [6, 6.07) is 13.6. The normalized spacial score (nSPS) is 12.3. The SMILES string of the molecule is CC(C)[C@@H](NC(=O)NCCc1nc2ccccc2[nH]1)c1ccc(F)cc1. The number of amides is 2. The van der Waals surface area contributed by atoms with Gasteiger partial charge >= 0.3 is 6.03 Å². The number of carbonyl (C=O) groups is 1. The first-order valence-corrected chi connectivity index (χ1v) is 8.76. The number of hydrogen-bond acceptors (Lipinski definition) is 2. The second kappa shape index (κ2) is 7.99. The molecule has 0 unspecified atom stereocenters. The standard InChI is InChI=1S/C20H23FN4O/c1-13(2)19(14-7-9-15(21)10-8-14)25-20(26)22-12-11-18-23-16-5-3-4-6-17(16)24-18/h3-10,13,19H,11-12H2,1-2H3,(H,23,24)(H2,22,25,26)/t19-/m1/s1. The van der Waals surface area contributed by atoms with Gasteiger partial charge in [-0.2, -0.15) is 0 Å². The Morgan fingerprint density at radius 2 is 1.88 bits per heavy atom. The van der Waals surface area contributed by atoms with Crippen molar-refractivity contribution in [2.45, 2.75) is 26.3 Å². The third kappa shape index (κ3) is 4.39. The molecule has 0 saturated heterocycles. The summed E-state index contributed by atoms with van der Waals surface area (Å²) >= 11 is 0. The first-order valence-electron chi connectivity index (χ1n) is 8.76. The Labute approximate surface area is 152 Å². The molecule has 5 nitrogen and oxygen atoms in total. The van der Waals surface area contributed by atoms with Crippen molar-refractivity contribution in [3.63, 3.8) is 0 Å². The minimum absolute atomic E-state index is 0.179. The highest BCUT2D eigenvalue weighted by atomic mass is 19.1. The minimum atomic E-state index is -0.286. The van der Waals surface area contributed by atoms with Crippen molar-refractivity contribution < 1.29 is 9.18 Å². The number of H-pyrrole nitrogens is 1. The average Bonchev–Trinajstić information content (AvgIpc) is 3.03. The highest BCUT2D eigenvalue weighted by Gasteiger charge is 2.18. The van der Waals surface area contributed by atoms with Gasteiger partial charge in [0, 0.05) is 13.0 Å². The Morgan fingerprint density at radius 3 is 2.58 bits per heavy atom. The van der Waals surface area contributed by atoms with E-state index in [0.29, 0.717) is 13.0 Å². The number of para-hydroxylation sites is 2. The Balaban J connectivity index is 1.54. The Bertz CT molecular complexity index is 840. The predicted octanol–water partition coefficient (Wildman–Crippen LogP) is 3.94.